The van der Waals surface area contributed by atoms with Crippen LogP contribution in [0.5, 0.6) is 0 Å². The average molecular weight is 717 g/mol. The van der Waals surface area contributed by atoms with Gasteiger partial charge >= 0.3 is 0 Å². The number of nitrogens with one attached hydrogen (secondary N) is 1. The lowest BCUT2D eigenvalue weighted by Gasteiger charge is -2.45. The van der Waals surface area contributed by atoms with Crippen molar-refractivity contribution in [2.45, 2.75) is 50.5 Å². The number of carbonyl (C=O) groups is 1. The van der Waals surface area contributed by atoms with Gasteiger partial charge in [-0.25, -0.2) is 22.0 Å². The van der Waals surface area contributed by atoms with Crippen LogP contribution in [0.15, 0.2) is 72.8 Å². The zero-order valence-electron chi connectivity index (χ0n) is 26.8. The van der Waals surface area contributed by atoms with Crippen molar-refractivity contribution in [1.82, 2.24) is 4.90 Å². The number of benzene rings is 4. The smallest absolute Gasteiger partial charge is 0.261 e. The third-order valence-electron chi connectivity index (χ3n) is 9.48. The Kier molecular flexibility index (Phi) is 10.6. The number of carbonyl (C=O) groups excluding carboxylic acids is 1. The quantitative estimate of drug-likeness (QED) is 0.0992. The Balaban J connectivity index is 1.23. The molecular formula is C37H34ClF5N2O5. The van der Waals surface area contributed by atoms with Gasteiger partial charge in [0.25, 0.3) is 5.91 Å². The van der Waals surface area contributed by atoms with E-state index in [4.69, 9.17) is 21.1 Å². The predicted octanol–water partition coefficient (Wildman–Crippen LogP) is 7.56. The summed E-state index contributed by atoms with van der Waals surface area (Å²) in [6.45, 7) is 3.55. The Morgan fingerprint density at radius 2 is 1.50 bits per heavy atom. The van der Waals surface area contributed by atoms with Gasteiger partial charge in [0.1, 0.15) is 5.56 Å². The van der Waals surface area contributed by atoms with E-state index in [0.717, 1.165) is 16.7 Å². The minimum Gasteiger partial charge on any atom is -0.392 e. The summed E-state index contributed by atoms with van der Waals surface area (Å²) in [6, 6.07) is 20.5. The van der Waals surface area contributed by atoms with E-state index in [1.807, 2.05) is 31.2 Å². The summed E-state index contributed by atoms with van der Waals surface area (Å²) in [6.07, 6.45) is -0.863. The zero-order valence-corrected chi connectivity index (χ0v) is 27.6. The maximum absolute atomic E-state index is 14.3. The number of ether oxygens (including phenoxy) is 2. The number of likely N-dealkylation sites (tertiary alicyclic amines) is 1. The normalized spacial score (nSPS) is 22.3. The molecule has 6 rings (SSSR count). The summed E-state index contributed by atoms with van der Waals surface area (Å²) in [4.78, 5) is 15.0. The average Bonchev–Trinajstić information content (AvgIpc) is 3.12. The molecule has 50 heavy (non-hydrogen) atoms. The van der Waals surface area contributed by atoms with Crippen LogP contribution in [-0.4, -0.2) is 46.8 Å². The summed E-state index contributed by atoms with van der Waals surface area (Å²) >= 11 is 6.04. The maximum atomic E-state index is 14.3. The van der Waals surface area contributed by atoms with E-state index in [1.165, 1.54) is 18.2 Å². The molecule has 13 heteroatoms. The van der Waals surface area contributed by atoms with Crippen LogP contribution in [0.2, 0.25) is 5.02 Å². The lowest BCUT2D eigenvalue weighted by Crippen LogP contribution is -2.49. The summed E-state index contributed by atoms with van der Waals surface area (Å²) in [5.74, 6) is -13.0. The van der Waals surface area contributed by atoms with E-state index in [2.05, 4.69) is 10.2 Å². The molecule has 0 aromatic heterocycles. The molecule has 2 aliphatic rings. The highest BCUT2D eigenvalue weighted by Gasteiger charge is 2.41. The molecule has 2 heterocycles. The lowest BCUT2D eigenvalue weighted by molar-refractivity contribution is -0.277. The molecule has 4 aromatic carbocycles. The Bertz CT molecular complexity index is 1830. The molecule has 0 spiro atoms. The third-order valence-corrected chi connectivity index (χ3v) is 9.73. The summed E-state index contributed by atoms with van der Waals surface area (Å²) in [5, 5.41) is 23.8. The van der Waals surface area contributed by atoms with Crippen molar-refractivity contribution in [2.24, 2.45) is 5.92 Å². The number of rotatable bonds is 8. The molecule has 7 nitrogen and oxygen atoms in total. The molecule has 0 radical (unpaired) electrons. The SMILES string of the molecule is C[C@H]1[C@@H](CN2CCC(O)(c3ccc(Cl)cc3)CC2)O[C@@H](c2cccc(NC(=O)c3c(F)c(F)c(F)c(F)c3F)c2)O[C@H]1c1ccc(CO)cc1. The second-order valence-corrected chi connectivity index (χ2v) is 13.1. The highest BCUT2D eigenvalue weighted by Crippen LogP contribution is 2.43. The van der Waals surface area contributed by atoms with E-state index in [1.54, 1.807) is 30.3 Å². The first-order valence-corrected chi connectivity index (χ1v) is 16.4. The van der Waals surface area contributed by atoms with Crippen molar-refractivity contribution < 1.29 is 46.4 Å². The molecule has 4 atom stereocenters. The first kappa shape index (κ1) is 35.9. The van der Waals surface area contributed by atoms with Crippen LogP contribution in [0.4, 0.5) is 27.6 Å². The molecule has 3 N–H and O–H groups in total. The van der Waals surface area contributed by atoms with E-state index >= 15 is 0 Å². The molecule has 2 aliphatic heterocycles. The van der Waals surface area contributed by atoms with Gasteiger partial charge in [0, 0.05) is 41.8 Å². The number of anilines is 1. The van der Waals surface area contributed by atoms with Crippen LogP contribution in [-0.2, 0) is 21.7 Å². The van der Waals surface area contributed by atoms with Crippen molar-refractivity contribution in [3.05, 3.63) is 135 Å². The molecule has 0 saturated carbocycles. The second kappa shape index (κ2) is 14.7. The number of piperidine rings is 1. The molecule has 4 aromatic rings. The monoisotopic (exact) mass is 716 g/mol. The van der Waals surface area contributed by atoms with Gasteiger partial charge in [-0.1, -0.05) is 67.1 Å². The van der Waals surface area contributed by atoms with E-state index in [9.17, 15) is 37.0 Å². The third kappa shape index (κ3) is 7.27. The molecule has 2 saturated heterocycles. The minimum atomic E-state index is -2.36. The number of nitrogens with zero attached hydrogens (tertiary/aromatic N) is 1. The highest BCUT2D eigenvalue weighted by atomic mass is 35.5. The van der Waals surface area contributed by atoms with Crippen LogP contribution in [0.1, 0.15) is 64.8 Å². The Labute approximate surface area is 290 Å². The zero-order chi connectivity index (χ0) is 35.7. The number of hydrogen-bond acceptors (Lipinski definition) is 6. The largest absolute Gasteiger partial charge is 0.392 e. The maximum Gasteiger partial charge on any atom is 0.261 e. The van der Waals surface area contributed by atoms with Gasteiger partial charge < -0.3 is 29.9 Å². The molecular weight excluding hydrogens is 683 g/mol. The Hall–Kier alpha value is -3.91. The number of hydrogen-bond donors (Lipinski definition) is 3. The fraction of sp³-hybridized carbons (Fsp3) is 0.324. The van der Waals surface area contributed by atoms with Crippen molar-refractivity contribution in [1.29, 1.82) is 0 Å². The summed E-state index contributed by atoms with van der Waals surface area (Å²) in [5.41, 5.74) is 0.174. The van der Waals surface area contributed by atoms with Crippen molar-refractivity contribution in [3.63, 3.8) is 0 Å². The minimum absolute atomic E-state index is 0.000164. The standard InChI is InChI=1S/C37H34ClF5N2O5/c1-20-27(18-45-15-13-37(48,14-16-45)24-9-11-25(38)12-10-24)49-36(50-34(20)22-7-5-21(19-46)6-8-22)23-3-2-4-26(17-23)44-35(47)28-29(39)31(41)33(43)32(42)30(28)40/h2-12,17,20,27,34,36,46,48H,13-16,18-19H2,1H3,(H,44,47)/t20-,27+,34+,36+/m0/s1. The van der Waals surface area contributed by atoms with Gasteiger partial charge in [-0.05, 0) is 53.8 Å². The Morgan fingerprint density at radius 1 is 0.880 bits per heavy atom. The van der Waals surface area contributed by atoms with Gasteiger partial charge in [-0.2, -0.15) is 0 Å². The molecule has 0 bridgehead atoms. The second-order valence-electron chi connectivity index (χ2n) is 12.7. The highest BCUT2D eigenvalue weighted by molar-refractivity contribution is 6.30. The summed E-state index contributed by atoms with van der Waals surface area (Å²) in [7, 11) is 0. The fourth-order valence-electron chi connectivity index (χ4n) is 6.50. The van der Waals surface area contributed by atoms with Crippen LogP contribution >= 0.6 is 11.6 Å². The topological polar surface area (TPSA) is 91.3 Å². The van der Waals surface area contributed by atoms with Crippen LogP contribution in [0, 0.1) is 35.0 Å². The van der Waals surface area contributed by atoms with Gasteiger partial charge in [-0.3, -0.25) is 4.79 Å². The Morgan fingerprint density at radius 3 is 2.12 bits per heavy atom. The lowest BCUT2D eigenvalue weighted by atomic mass is 9.84. The molecule has 0 aliphatic carbocycles. The van der Waals surface area contributed by atoms with E-state index in [0.29, 0.717) is 43.1 Å². The predicted molar refractivity (Wildman–Crippen MR) is 175 cm³/mol. The van der Waals surface area contributed by atoms with Gasteiger partial charge in [0.05, 0.1) is 24.4 Å². The van der Waals surface area contributed by atoms with Gasteiger partial charge in [0.15, 0.2) is 29.6 Å². The van der Waals surface area contributed by atoms with Gasteiger partial charge in [-0.15, -0.1) is 0 Å². The van der Waals surface area contributed by atoms with Crippen molar-refractivity contribution >= 4 is 23.2 Å². The number of aliphatic hydroxyl groups excluding tert-OH is 1. The van der Waals surface area contributed by atoms with Crippen LogP contribution in [0.3, 0.4) is 0 Å². The summed E-state index contributed by atoms with van der Waals surface area (Å²) < 4.78 is 82.8. The van der Waals surface area contributed by atoms with E-state index < -0.39 is 58.6 Å². The van der Waals surface area contributed by atoms with E-state index in [-0.39, 0.29) is 24.3 Å². The molecule has 0 unspecified atom stereocenters. The van der Waals surface area contributed by atoms with Gasteiger partial charge in [0.2, 0.25) is 5.82 Å². The van der Waals surface area contributed by atoms with Crippen LogP contribution in [0.25, 0.3) is 0 Å². The molecule has 264 valence electrons. The number of halogens is 6. The van der Waals surface area contributed by atoms with Crippen molar-refractivity contribution in [3.8, 4) is 0 Å². The fourth-order valence-corrected chi connectivity index (χ4v) is 6.62. The number of aliphatic hydroxyl groups is 2. The number of amides is 1. The van der Waals surface area contributed by atoms with Crippen LogP contribution < -0.4 is 5.32 Å². The molecule has 1 amide bonds. The molecule has 2 fully saturated rings. The first-order valence-electron chi connectivity index (χ1n) is 16.0. The first-order chi connectivity index (χ1) is 23.9. The van der Waals surface area contributed by atoms with Crippen molar-refractivity contribution in [2.75, 3.05) is 25.0 Å².